The topological polar surface area (TPSA) is 136 Å². The highest BCUT2D eigenvalue weighted by atomic mass is 16.5. The molecule has 0 fully saturated rings. The van der Waals surface area contributed by atoms with Crippen LogP contribution >= 0.6 is 0 Å². The third kappa shape index (κ3) is 4.11. The van der Waals surface area contributed by atoms with Crippen LogP contribution in [0.1, 0.15) is 0 Å². The minimum absolute atomic E-state index is 0.500. The second-order valence-corrected chi connectivity index (χ2v) is 3.24. The van der Waals surface area contributed by atoms with Crippen molar-refractivity contribution in [1.82, 2.24) is 9.97 Å². The van der Waals surface area contributed by atoms with Crippen LogP contribution in [0.2, 0.25) is 0 Å². The lowest BCUT2D eigenvalue weighted by molar-refractivity contribution is -0.159. The Bertz CT molecular complexity index is 602. The lowest BCUT2D eigenvalue weighted by Crippen LogP contribution is -2.09. The number of methoxy groups -OCH3 is 1. The highest BCUT2D eigenvalue weighted by molar-refractivity contribution is 6.27. The zero-order valence-electron chi connectivity index (χ0n) is 9.90. The van der Waals surface area contributed by atoms with Crippen molar-refractivity contribution in [3.8, 4) is 5.88 Å². The number of carboxylic acid groups (broad SMARTS) is 2. The molecule has 4 N–H and O–H groups in total. The number of aliphatic carboxylic acids is 2. The van der Waals surface area contributed by atoms with Gasteiger partial charge in [0.25, 0.3) is 0 Å². The van der Waals surface area contributed by atoms with Crippen LogP contribution in [0.3, 0.4) is 0 Å². The van der Waals surface area contributed by atoms with Gasteiger partial charge in [-0.15, -0.1) is 0 Å². The van der Waals surface area contributed by atoms with Gasteiger partial charge in [0.05, 0.1) is 18.1 Å². The predicted octanol–water partition coefficient (Wildman–Crippen LogP) is 0.376. The number of aromatic nitrogens is 2. The highest BCUT2D eigenvalue weighted by Gasteiger charge is 2.04. The van der Waals surface area contributed by atoms with Crippen LogP contribution in [0, 0.1) is 0 Å². The summed E-state index contributed by atoms with van der Waals surface area (Å²) in [6.45, 7) is 0. The molecule has 0 saturated carbocycles. The molecule has 2 rings (SSSR count). The van der Waals surface area contributed by atoms with Crippen molar-refractivity contribution in [3.63, 3.8) is 0 Å². The van der Waals surface area contributed by atoms with Gasteiger partial charge in [-0.25, -0.2) is 19.6 Å². The van der Waals surface area contributed by atoms with E-state index in [0.29, 0.717) is 11.7 Å². The Morgan fingerprint density at radius 3 is 2.11 bits per heavy atom. The molecule has 0 unspecified atom stereocenters. The third-order valence-electron chi connectivity index (χ3n) is 1.93. The van der Waals surface area contributed by atoms with Gasteiger partial charge in [-0.3, -0.25) is 0 Å². The quantitative estimate of drug-likeness (QED) is 0.629. The number of nitrogen functional groups attached to an aromatic ring is 1. The van der Waals surface area contributed by atoms with E-state index in [1.165, 1.54) is 0 Å². The van der Waals surface area contributed by atoms with Gasteiger partial charge in [-0.1, -0.05) is 0 Å². The van der Waals surface area contributed by atoms with Gasteiger partial charge in [0.15, 0.2) is 0 Å². The van der Waals surface area contributed by atoms with Crippen molar-refractivity contribution >= 4 is 28.8 Å². The third-order valence-corrected chi connectivity index (χ3v) is 1.93. The first-order valence-electron chi connectivity index (χ1n) is 4.97. The summed E-state index contributed by atoms with van der Waals surface area (Å²) in [6.07, 6.45) is 0. The van der Waals surface area contributed by atoms with Crippen LogP contribution < -0.4 is 10.5 Å². The minimum atomic E-state index is -1.82. The van der Waals surface area contributed by atoms with E-state index in [1.54, 1.807) is 19.2 Å². The SMILES string of the molecule is COc1ccc2nc(N)ccc2n1.O=C(O)C(=O)O. The van der Waals surface area contributed by atoms with Crippen LogP contribution in [-0.4, -0.2) is 39.2 Å². The van der Waals surface area contributed by atoms with E-state index in [0.717, 1.165) is 11.0 Å². The summed E-state index contributed by atoms with van der Waals surface area (Å²) in [5, 5.41) is 14.8. The van der Waals surface area contributed by atoms with Gasteiger partial charge in [0, 0.05) is 6.07 Å². The Morgan fingerprint density at radius 2 is 1.58 bits per heavy atom. The molecular weight excluding hydrogens is 254 g/mol. The van der Waals surface area contributed by atoms with Crippen molar-refractivity contribution in [2.45, 2.75) is 0 Å². The number of carboxylic acids is 2. The van der Waals surface area contributed by atoms with Crippen molar-refractivity contribution in [3.05, 3.63) is 24.3 Å². The minimum Gasteiger partial charge on any atom is -0.481 e. The first-order chi connectivity index (χ1) is 8.93. The second kappa shape index (κ2) is 6.15. The van der Waals surface area contributed by atoms with Crippen molar-refractivity contribution < 1.29 is 24.5 Å². The van der Waals surface area contributed by atoms with Crippen LogP contribution in [0.5, 0.6) is 5.88 Å². The monoisotopic (exact) mass is 265 g/mol. The summed E-state index contributed by atoms with van der Waals surface area (Å²) >= 11 is 0. The van der Waals surface area contributed by atoms with Gasteiger partial charge in [0.2, 0.25) is 5.88 Å². The zero-order valence-corrected chi connectivity index (χ0v) is 9.90. The number of hydrogen-bond acceptors (Lipinski definition) is 6. The summed E-state index contributed by atoms with van der Waals surface area (Å²) in [7, 11) is 1.58. The summed E-state index contributed by atoms with van der Waals surface area (Å²) in [5.74, 6) is -2.57. The predicted molar refractivity (Wildman–Crippen MR) is 65.8 cm³/mol. The molecule has 0 saturated heterocycles. The van der Waals surface area contributed by atoms with E-state index in [1.807, 2.05) is 12.1 Å². The number of ether oxygens (including phenoxy) is 1. The Labute approximate surface area is 107 Å². The molecule has 100 valence electrons. The van der Waals surface area contributed by atoms with Crippen LogP contribution in [0.15, 0.2) is 24.3 Å². The van der Waals surface area contributed by atoms with Gasteiger partial charge < -0.3 is 20.7 Å². The van der Waals surface area contributed by atoms with E-state index in [9.17, 15) is 0 Å². The molecule has 2 heterocycles. The normalized spacial score (nSPS) is 9.32. The molecule has 0 radical (unpaired) electrons. The van der Waals surface area contributed by atoms with Crippen LogP contribution in [0.4, 0.5) is 5.82 Å². The van der Waals surface area contributed by atoms with Gasteiger partial charge >= 0.3 is 11.9 Å². The van der Waals surface area contributed by atoms with E-state index >= 15 is 0 Å². The molecule has 0 aliphatic heterocycles. The van der Waals surface area contributed by atoms with E-state index < -0.39 is 11.9 Å². The van der Waals surface area contributed by atoms with Crippen molar-refractivity contribution in [1.29, 1.82) is 0 Å². The number of anilines is 1. The molecule has 0 bridgehead atoms. The zero-order chi connectivity index (χ0) is 14.4. The van der Waals surface area contributed by atoms with Gasteiger partial charge in [-0.05, 0) is 18.2 Å². The van der Waals surface area contributed by atoms with E-state index in [-0.39, 0.29) is 0 Å². The standard InChI is InChI=1S/C9H9N3O.C2H2O4/c1-13-9-5-3-6-7(12-9)2-4-8(10)11-6;3-1(4)2(5)6/h2-5H,1H3,(H2,10,11);(H,3,4)(H,5,6). The summed E-state index contributed by atoms with van der Waals surface area (Å²) in [6, 6.07) is 7.13. The Kier molecular flexibility index (Phi) is 4.58. The molecule has 2 aromatic rings. The maximum absolute atomic E-state index is 9.10. The average molecular weight is 265 g/mol. The first-order valence-corrected chi connectivity index (χ1v) is 4.97. The van der Waals surface area contributed by atoms with E-state index in [4.69, 9.17) is 30.3 Å². The largest absolute Gasteiger partial charge is 0.481 e. The first kappa shape index (κ1) is 14.2. The van der Waals surface area contributed by atoms with E-state index in [2.05, 4.69) is 9.97 Å². The lowest BCUT2D eigenvalue weighted by atomic mass is 10.3. The number of pyridine rings is 2. The molecule has 0 atom stereocenters. The fraction of sp³-hybridized carbons (Fsp3) is 0.0909. The molecule has 0 aliphatic carbocycles. The number of carbonyl (C=O) groups is 2. The molecule has 19 heavy (non-hydrogen) atoms. The number of nitrogens with zero attached hydrogens (tertiary/aromatic N) is 2. The average Bonchev–Trinajstić information content (AvgIpc) is 2.38. The number of nitrogens with two attached hydrogens (primary N) is 1. The summed E-state index contributed by atoms with van der Waals surface area (Å²) in [5.41, 5.74) is 7.09. The Balaban J connectivity index is 0.000000258. The fourth-order valence-corrected chi connectivity index (χ4v) is 1.12. The molecule has 2 aromatic heterocycles. The fourth-order valence-electron chi connectivity index (χ4n) is 1.12. The molecular formula is C11H11N3O5. The summed E-state index contributed by atoms with van der Waals surface area (Å²) in [4.78, 5) is 26.5. The summed E-state index contributed by atoms with van der Waals surface area (Å²) < 4.78 is 4.98. The highest BCUT2D eigenvalue weighted by Crippen LogP contribution is 2.15. The molecule has 0 aliphatic rings. The number of hydrogen-bond donors (Lipinski definition) is 3. The smallest absolute Gasteiger partial charge is 0.414 e. The second-order valence-electron chi connectivity index (χ2n) is 3.24. The maximum atomic E-state index is 9.10. The molecule has 8 nitrogen and oxygen atoms in total. The molecule has 0 aromatic carbocycles. The molecule has 0 spiro atoms. The van der Waals surface area contributed by atoms with Crippen molar-refractivity contribution in [2.24, 2.45) is 0 Å². The van der Waals surface area contributed by atoms with Gasteiger partial charge in [0.1, 0.15) is 5.82 Å². The van der Waals surface area contributed by atoms with Crippen LogP contribution in [0.25, 0.3) is 11.0 Å². The molecule has 0 amide bonds. The lowest BCUT2D eigenvalue weighted by Gasteiger charge is -2.00. The number of rotatable bonds is 1. The molecule has 8 heteroatoms. The van der Waals surface area contributed by atoms with Crippen LogP contribution in [-0.2, 0) is 9.59 Å². The van der Waals surface area contributed by atoms with Crippen molar-refractivity contribution in [2.75, 3.05) is 12.8 Å². The maximum Gasteiger partial charge on any atom is 0.414 e. The Morgan fingerprint density at radius 1 is 1.05 bits per heavy atom. The number of fused-ring (bicyclic) bond motifs is 1. The Hall–Kier alpha value is -2.90. The van der Waals surface area contributed by atoms with Gasteiger partial charge in [-0.2, -0.15) is 0 Å².